The van der Waals surface area contributed by atoms with E-state index in [-0.39, 0.29) is 11.8 Å². The van der Waals surface area contributed by atoms with Crippen molar-refractivity contribution >= 4 is 11.9 Å². The average molecular weight is 462 g/mol. The van der Waals surface area contributed by atoms with Crippen LogP contribution < -0.4 is 19.5 Å². The molecule has 0 amide bonds. The topological polar surface area (TPSA) is 87.5 Å². The van der Waals surface area contributed by atoms with Gasteiger partial charge in [-0.2, -0.15) is 9.67 Å². The van der Waals surface area contributed by atoms with Crippen LogP contribution in [0.4, 0.5) is 10.3 Å². The lowest BCUT2D eigenvalue weighted by Crippen LogP contribution is -2.17. The van der Waals surface area contributed by atoms with Crippen LogP contribution in [0.1, 0.15) is 15.9 Å². The number of hydrogen-bond acceptors (Lipinski definition) is 7. The fourth-order valence-corrected chi connectivity index (χ4v) is 3.31. The molecule has 34 heavy (non-hydrogen) atoms. The van der Waals surface area contributed by atoms with Gasteiger partial charge >= 0.3 is 0 Å². The van der Waals surface area contributed by atoms with Crippen molar-refractivity contribution in [3.8, 4) is 28.6 Å². The number of anilines is 1. The lowest BCUT2D eigenvalue weighted by atomic mass is 10.2. The molecule has 0 radical (unpaired) electrons. The highest BCUT2D eigenvalue weighted by Gasteiger charge is 2.20. The molecule has 0 atom stereocenters. The second-order valence-corrected chi connectivity index (χ2v) is 7.25. The molecule has 0 saturated heterocycles. The summed E-state index contributed by atoms with van der Waals surface area (Å²) in [5.74, 6) is 1.50. The Morgan fingerprint density at radius 3 is 2.26 bits per heavy atom. The Hall–Kier alpha value is -4.40. The van der Waals surface area contributed by atoms with Crippen LogP contribution in [0, 0.1) is 5.82 Å². The van der Waals surface area contributed by atoms with Crippen LogP contribution >= 0.6 is 0 Å². The molecule has 174 valence electrons. The zero-order valence-electron chi connectivity index (χ0n) is 18.9. The number of nitrogens with one attached hydrogen (secondary N) is 1. The highest BCUT2D eigenvalue weighted by Crippen LogP contribution is 2.29. The highest BCUT2D eigenvalue weighted by atomic mass is 19.1. The molecule has 0 fully saturated rings. The minimum atomic E-state index is -0.408. The normalized spacial score (nSPS) is 10.6. The van der Waals surface area contributed by atoms with Crippen molar-refractivity contribution in [3.63, 3.8) is 0 Å². The number of benzene rings is 3. The van der Waals surface area contributed by atoms with Gasteiger partial charge in [0.1, 0.15) is 11.6 Å². The van der Waals surface area contributed by atoms with E-state index >= 15 is 0 Å². The Balaban J connectivity index is 1.70. The number of carbonyl (C=O) groups is 1. The van der Waals surface area contributed by atoms with Crippen molar-refractivity contribution in [2.24, 2.45) is 0 Å². The standard InChI is InChI=1S/C25H23FN4O4/c1-32-20-11-6-17(7-12-20)23-28-25(27-15-16-4-9-19(26)10-5-16)30(29-23)24(31)18-8-13-21(33-2)22(14-18)34-3/h4-14H,15H2,1-3H3,(H,27,28,29). The van der Waals surface area contributed by atoms with Gasteiger partial charge < -0.3 is 19.5 Å². The van der Waals surface area contributed by atoms with Crippen molar-refractivity contribution in [2.45, 2.75) is 6.54 Å². The lowest BCUT2D eigenvalue weighted by molar-refractivity contribution is 0.0947. The number of carbonyl (C=O) groups excluding carboxylic acids is 1. The Bertz CT molecular complexity index is 1290. The van der Waals surface area contributed by atoms with Gasteiger partial charge in [0.2, 0.25) is 5.95 Å². The van der Waals surface area contributed by atoms with E-state index in [0.29, 0.717) is 40.7 Å². The lowest BCUT2D eigenvalue weighted by Gasteiger charge is -2.10. The zero-order chi connectivity index (χ0) is 24.1. The summed E-state index contributed by atoms with van der Waals surface area (Å²) in [4.78, 5) is 17.9. The predicted octanol–water partition coefficient (Wildman–Crippen LogP) is 4.41. The Kier molecular flexibility index (Phi) is 6.72. The van der Waals surface area contributed by atoms with Crippen LogP contribution in [0.5, 0.6) is 17.2 Å². The monoisotopic (exact) mass is 462 g/mol. The number of hydrogen-bond donors (Lipinski definition) is 1. The fraction of sp³-hybridized carbons (Fsp3) is 0.160. The van der Waals surface area contributed by atoms with E-state index in [1.807, 2.05) is 12.1 Å². The summed E-state index contributed by atoms with van der Waals surface area (Å²) in [6.07, 6.45) is 0. The molecule has 4 rings (SSSR count). The fourth-order valence-electron chi connectivity index (χ4n) is 3.31. The number of methoxy groups -OCH3 is 3. The van der Waals surface area contributed by atoms with Crippen molar-refractivity contribution in [1.29, 1.82) is 0 Å². The SMILES string of the molecule is COc1ccc(-c2nc(NCc3ccc(F)cc3)n(C(=O)c3ccc(OC)c(OC)c3)n2)cc1. The molecule has 1 heterocycles. The maximum atomic E-state index is 13.4. The third-order valence-corrected chi connectivity index (χ3v) is 5.14. The van der Waals surface area contributed by atoms with E-state index < -0.39 is 5.91 Å². The number of nitrogens with zero attached hydrogens (tertiary/aromatic N) is 3. The summed E-state index contributed by atoms with van der Waals surface area (Å²) in [5.41, 5.74) is 1.87. The number of rotatable bonds is 8. The number of halogens is 1. The summed E-state index contributed by atoms with van der Waals surface area (Å²) in [6, 6.07) is 18.1. The summed E-state index contributed by atoms with van der Waals surface area (Å²) in [7, 11) is 4.61. The molecule has 4 aromatic rings. The average Bonchev–Trinajstić information content (AvgIpc) is 3.31. The first-order chi connectivity index (χ1) is 16.5. The molecule has 8 nitrogen and oxygen atoms in total. The smallest absolute Gasteiger partial charge is 0.281 e. The quantitative estimate of drug-likeness (QED) is 0.415. The molecule has 1 aromatic heterocycles. The minimum Gasteiger partial charge on any atom is -0.497 e. The van der Waals surface area contributed by atoms with Crippen LogP contribution in [0.2, 0.25) is 0 Å². The van der Waals surface area contributed by atoms with Crippen LogP contribution in [0.15, 0.2) is 66.7 Å². The summed E-state index contributed by atoms with van der Waals surface area (Å²) in [6.45, 7) is 0.320. The van der Waals surface area contributed by atoms with Crippen LogP contribution in [0.25, 0.3) is 11.4 Å². The highest BCUT2D eigenvalue weighted by molar-refractivity contribution is 5.97. The maximum absolute atomic E-state index is 13.4. The molecule has 9 heteroatoms. The predicted molar refractivity (Wildman–Crippen MR) is 125 cm³/mol. The van der Waals surface area contributed by atoms with Crippen LogP contribution in [-0.2, 0) is 6.54 Å². The molecule has 0 aliphatic heterocycles. The van der Waals surface area contributed by atoms with E-state index in [1.165, 1.54) is 31.0 Å². The van der Waals surface area contributed by atoms with Crippen molar-refractivity contribution in [2.75, 3.05) is 26.6 Å². The first kappa shape index (κ1) is 22.8. The Morgan fingerprint density at radius 1 is 0.912 bits per heavy atom. The van der Waals surface area contributed by atoms with Gasteiger partial charge in [-0.05, 0) is 60.2 Å². The molecule has 3 aromatic carbocycles. The van der Waals surface area contributed by atoms with Gasteiger partial charge in [0.05, 0.1) is 21.3 Å². The van der Waals surface area contributed by atoms with Gasteiger partial charge in [-0.25, -0.2) is 4.39 Å². The van der Waals surface area contributed by atoms with Crippen molar-refractivity contribution in [1.82, 2.24) is 14.8 Å². The van der Waals surface area contributed by atoms with Gasteiger partial charge in [0.25, 0.3) is 5.91 Å². The minimum absolute atomic E-state index is 0.245. The Labute approximate surface area is 195 Å². The summed E-state index contributed by atoms with van der Waals surface area (Å²) < 4.78 is 30.2. The van der Waals surface area contributed by atoms with Gasteiger partial charge in [0, 0.05) is 17.7 Å². The van der Waals surface area contributed by atoms with Crippen molar-refractivity contribution < 1.29 is 23.4 Å². The molecule has 0 aliphatic carbocycles. The molecule has 0 unspecified atom stereocenters. The van der Waals surface area contributed by atoms with Gasteiger partial charge in [-0.15, -0.1) is 5.10 Å². The van der Waals surface area contributed by atoms with Crippen LogP contribution in [0.3, 0.4) is 0 Å². The second-order valence-electron chi connectivity index (χ2n) is 7.25. The van der Waals surface area contributed by atoms with E-state index in [9.17, 15) is 9.18 Å². The maximum Gasteiger partial charge on any atom is 0.281 e. The van der Waals surface area contributed by atoms with Gasteiger partial charge in [0.15, 0.2) is 17.3 Å². The third-order valence-electron chi connectivity index (χ3n) is 5.14. The van der Waals surface area contributed by atoms with Gasteiger partial charge in [-0.1, -0.05) is 12.1 Å². The molecule has 0 aliphatic rings. The first-order valence-electron chi connectivity index (χ1n) is 10.4. The van der Waals surface area contributed by atoms with E-state index in [0.717, 1.165) is 5.56 Å². The summed E-state index contributed by atoms with van der Waals surface area (Å²) >= 11 is 0. The molecular formula is C25H23FN4O4. The van der Waals surface area contributed by atoms with E-state index in [1.54, 1.807) is 49.6 Å². The second kappa shape index (κ2) is 10.0. The van der Waals surface area contributed by atoms with E-state index in [2.05, 4.69) is 15.4 Å². The number of ether oxygens (including phenoxy) is 3. The van der Waals surface area contributed by atoms with Crippen molar-refractivity contribution in [3.05, 3.63) is 83.7 Å². The molecule has 0 spiro atoms. The van der Waals surface area contributed by atoms with Crippen LogP contribution in [-0.4, -0.2) is 42.0 Å². The number of aromatic nitrogens is 3. The van der Waals surface area contributed by atoms with Gasteiger partial charge in [-0.3, -0.25) is 4.79 Å². The Morgan fingerprint density at radius 2 is 1.62 bits per heavy atom. The molecule has 1 N–H and O–H groups in total. The largest absolute Gasteiger partial charge is 0.497 e. The van der Waals surface area contributed by atoms with E-state index in [4.69, 9.17) is 14.2 Å². The first-order valence-corrected chi connectivity index (χ1v) is 10.4. The molecule has 0 saturated carbocycles. The molecular weight excluding hydrogens is 439 g/mol. The zero-order valence-corrected chi connectivity index (χ0v) is 18.9. The molecule has 0 bridgehead atoms. The third kappa shape index (κ3) is 4.83. The summed E-state index contributed by atoms with van der Waals surface area (Å²) in [5, 5.41) is 7.59.